The van der Waals surface area contributed by atoms with Gasteiger partial charge >= 0.3 is 5.97 Å². The molecule has 0 spiro atoms. The lowest BCUT2D eigenvalue weighted by atomic mass is 9.97. The van der Waals surface area contributed by atoms with Gasteiger partial charge < -0.3 is 45.1 Å². The van der Waals surface area contributed by atoms with E-state index in [4.69, 9.17) is 24.7 Å². The smallest absolute Gasteiger partial charge is 0.333 e. The first-order valence-corrected chi connectivity index (χ1v) is 9.29. The summed E-state index contributed by atoms with van der Waals surface area (Å²) in [5.41, 5.74) is 5.29. The highest BCUT2D eigenvalue weighted by Gasteiger charge is 2.47. The number of nitrogens with two attached hydrogens (primary N) is 1. The second-order valence-corrected chi connectivity index (χ2v) is 6.97. The lowest BCUT2D eigenvalue weighted by Gasteiger charge is -2.44. The van der Waals surface area contributed by atoms with E-state index in [2.05, 4.69) is 6.58 Å². The maximum absolute atomic E-state index is 11.3. The average molecular weight is 407 g/mol. The molecular formula is C18H33NO9. The fourth-order valence-corrected chi connectivity index (χ4v) is 2.55. The maximum Gasteiger partial charge on any atom is 0.333 e. The summed E-state index contributed by atoms with van der Waals surface area (Å²) in [7, 11) is 0. The molecule has 1 aliphatic heterocycles. The first kappa shape index (κ1) is 24.9. The maximum atomic E-state index is 11.3. The van der Waals surface area contributed by atoms with Gasteiger partial charge in [-0.15, -0.1) is 0 Å². The quantitative estimate of drug-likeness (QED) is 0.159. The molecule has 28 heavy (non-hydrogen) atoms. The van der Waals surface area contributed by atoms with Crippen LogP contribution < -0.4 is 5.73 Å². The average Bonchev–Trinajstić information content (AvgIpc) is 2.66. The summed E-state index contributed by atoms with van der Waals surface area (Å²) in [5.74, 6) is -0.623. The molecule has 6 atom stereocenters. The van der Waals surface area contributed by atoms with Crippen LogP contribution in [0, 0.1) is 0 Å². The third-order valence-corrected chi connectivity index (χ3v) is 4.57. The molecule has 0 aromatic rings. The Morgan fingerprint density at radius 3 is 2.36 bits per heavy atom. The molecule has 1 saturated heterocycles. The number of carbonyl (C=O) groups is 1. The number of hydrogen-bond donors (Lipinski definition) is 5. The van der Waals surface area contributed by atoms with Crippen molar-refractivity contribution in [2.24, 2.45) is 5.73 Å². The van der Waals surface area contributed by atoms with E-state index in [0.29, 0.717) is 12.8 Å². The largest absolute Gasteiger partial charge is 0.460 e. The van der Waals surface area contributed by atoms with Crippen molar-refractivity contribution in [3.8, 4) is 0 Å². The second kappa shape index (κ2) is 11.2. The Morgan fingerprint density at radius 1 is 1.21 bits per heavy atom. The summed E-state index contributed by atoms with van der Waals surface area (Å²) in [4.78, 5) is 11.3. The van der Waals surface area contributed by atoms with Crippen LogP contribution in [0.1, 0.15) is 33.6 Å². The number of hydrogen-bond acceptors (Lipinski definition) is 10. The molecule has 1 aliphatic rings. The van der Waals surface area contributed by atoms with Crippen LogP contribution in [0.25, 0.3) is 0 Å². The summed E-state index contributed by atoms with van der Waals surface area (Å²) < 4.78 is 21.3. The van der Waals surface area contributed by atoms with Gasteiger partial charge in [-0.05, 0) is 19.8 Å². The van der Waals surface area contributed by atoms with Crippen LogP contribution >= 0.6 is 0 Å². The lowest BCUT2D eigenvalue weighted by Crippen LogP contribution is -2.62. The number of esters is 1. The molecule has 1 heterocycles. The molecule has 6 N–H and O–H groups in total. The van der Waals surface area contributed by atoms with Crippen LogP contribution in [0.2, 0.25) is 0 Å². The predicted molar refractivity (Wildman–Crippen MR) is 97.9 cm³/mol. The van der Waals surface area contributed by atoms with Crippen molar-refractivity contribution in [2.45, 2.75) is 76.1 Å². The molecule has 1 fully saturated rings. The zero-order valence-electron chi connectivity index (χ0n) is 16.6. The van der Waals surface area contributed by atoms with Gasteiger partial charge in [0.1, 0.15) is 42.9 Å². The third-order valence-electron chi connectivity index (χ3n) is 4.57. The number of rotatable bonds is 11. The Hall–Kier alpha value is -1.11. The summed E-state index contributed by atoms with van der Waals surface area (Å²) in [5, 5.41) is 39.8. The minimum absolute atomic E-state index is 0.166. The van der Waals surface area contributed by atoms with Gasteiger partial charge in [0.15, 0.2) is 6.29 Å². The molecular weight excluding hydrogens is 374 g/mol. The number of aliphatic hydroxyl groups is 4. The molecule has 6 unspecified atom stereocenters. The van der Waals surface area contributed by atoms with Gasteiger partial charge in [-0.3, -0.25) is 0 Å². The van der Waals surface area contributed by atoms with Gasteiger partial charge in [0.25, 0.3) is 0 Å². The molecule has 10 heteroatoms. The SMILES string of the molecule is C=C(C)C(=O)OCC(O)COCC1OC(O)C(O)C(O)C1OC(N)(CC)CC. The van der Waals surface area contributed by atoms with Gasteiger partial charge in [-0.25, -0.2) is 4.79 Å². The van der Waals surface area contributed by atoms with Crippen LogP contribution in [0.3, 0.4) is 0 Å². The third kappa shape index (κ3) is 7.05. The van der Waals surface area contributed by atoms with Gasteiger partial charge in [-0.2, -0.15) is 0 Å². The lowest BCUT2D eigenvalue weighted by molar-refractivity contribution is -0.312. The van der Waals surface area contributed by atoms with Gasteiger partial charge in [0, 0.05) is 5.57 Å². The van der Waals surface area contributed by atoms with Gasteiger partial charge in [0.05, 0.1) is 13.2 Å². The highest BCUT2D eigenvalue weighted by molar-refractivity contribution is 5.86. The molecule has 164 valence electrons. The van der Waals surface area contributed by atoms with E-state index < -0.39 is 48.5 Å². The minimum atomic E-state index is -1.62. The van der Waals surface area contributed by atoms with E-state index in [1.54, 1.807) is 0 Å². The Kier molecular flexibility index (Phi) is 9.95. The number of aliphatic hydroxyl groups excluding tert-OH is 4. The van der Waals surface area contributed by atoms with Gasteiger partial charge in [0.2, 0.25) is 0 Å². The van der Waals surface area contributed by atoms with Crippen molar-refractivity contribution in [1.82, 2.24) is 0 Å². The molecule has 0 bridgehead atoms. The summed E-state index contributed by atoms with van der Waals surface area (Å²) in [6.07, 6.45) is -6.82. The minimum Gasteiger partial charge on any atom is -0.460 e. The van der Waals surface area contributed by atoms with Crippen molar-refractivity contribution in [3.63, 3.8) is 0 Å². The van der Waals surface area contributed by atoms with E-state index in [-0.39, 0.29) is 25.4 Å². The standard InChI is InChI=1S/C18H33NO9/c1-5-18(19,6-2)28-15-12(27-17(24)14(22)13(15)21)9-25-7-11(20)8-26-16(23)10(3)4/h11-15,17,20-22,24H,3,5-9,19H2,1-2,4H3. The molecule has 0 amide bonds. The van der Waals surface area contributed by atoms with Crippen molar-refractivity contribution in [2.75, 3.05) is 19.8 Å². The first-order chi connectivity index (χ1) is 13.0. The summed E-state index contributed by atoms with van der Waals surface area (Å²) >= 11 is 0. The normalized spacial score (nSPS) is 29.4. The van der Waals surface area contributed by atoms with Crippen molar-refractivity contribution < 1.29 is 44.2 Å². The number of ether oxygens (including phenoxy) is 4. The van der Waals surface area contributed by atoms with E-state index in [0.717, 1.165) is 0 Å². The molecule has 0 aliphatic carbocycles. The van der Waals surface area contributed by atoms with E-state index >= 15 is 0 Å². The van der Waals surface area contributed by atoms with E-state index in [9.17, 15) is 25.2 Å². The second-order valence-electron chi connectivity index (χ2n) is 6.97. The molecule has 0 aromatic carbocycles. The summed E-state index contributed by atoms with van der Waals surface area (Å²) in [6, 6.07) is 0. The number of carbonyl (C=O) groups excluding carboxylic acids is 1. The van der Waals surface area contributed by atoms with Crippen LogP contribution in [-0.2, 0) is 23.7 Å². The highest BCUT2D eigenvalue weighted by atomic mass is 16.7. The van der Waals surface area contributed by atoms with E-state index in [1.165, 1.54) is 6.92 Å². The first-order valence-electron chi connectivity index (χ1n) is 9.29. The Balaban J connectivity index is 2.63. The zero-order valence-corrected chi connectivity index (χ0v) is 16.6. The van der Waals surface area contributed by atoms with Crippen LogP contribution in [0.15, 0.2) is 12.2 Å². The van der Waals surface area contributed by atoms with Crippen LogP contribution in [0.5, 0.6) is 0 Å². The van der Waals surface area contributed by atoms with Gasteiger partial charge in [-0.1, -0.05) is 20.4 Å². The highest BCUT2D eigenvalue weighted by Crippen LogP contribution is 2.27. The fourth-order valence-electron chi connectivity index (χ4n) is 2.55. The van der Waals surface area contributed by atoms with E-state index in [1.807, 2.05) is 13.8 Å². The Bertz CT molecular complexity index is 511. The Labute approximate surface area is 164 Å². The zero-order chi connectivity index (χ0) is 21.5. The monoisotopic (exact) mass is 407 g/mol. The molecule has 0 aromatic heterocycles. The molecule has 0 radical (unpaired) electrons. The molecule has 0 saturated carbocycles. The van der Waals surface area contributed by atoms with Crippen LogP contribution in [-0.4, -0.2) is 88.8 Å². The summed E-state index contributed by atoms with van der Waals surface area (Å²) in [6.45, 7) is 7.92. The Morgan fingerprint density at radius 2 is 1.82 bits per heavy atom. The van der Waals surface area contributed by atoms with Crippen molar-refractivity contribution in [1.29, 1.82) is 0 Å². The fraction of sp³-hybridized carbons (Fsp3) is 0.833. The predicted octanol–water partition coefficient (Wildman–Crippen LogP) is -1.22. The van der Waals surface area contributed by atoms with Crippen LogP contribution in [0.4, 0.5) is 0 Å². The topological polar surface area (TPSA) is 161 Å². The van der Waals surface area contributed by atoms with Crippen molar-refractivity contribution >= 4 is 5.97 Å². The van der Waals surface area contributed by atoms with Crippen molar-refractivity contribution in [3.05, 3.63) is 12.2 Å². The molecule has 1 rings (SSSR count). The molecule has 10 nitrogen and oxygen atoms in total.